The highest BCUT2D eigenvalue weighted by atomic mass is 16.4. The molecular weight excluding hydrogens is 378 g/mol. The van der Waals surface area contributed by atoms with Crippen LogP contribution in [0.4, 0.5) is 0 Å². The predicted octanol–water partition coefficient (Wildman–Crippen LogP) is 2.54. The topological polar surface area (TPSA) is 68.9 Å². The molecule has 6 nitrogen and oxygen atoms in total. The molecule has 0 spiro atoms. The number of benzene rings is 2. The standard InChI is InChI=1S/C24H27N3O3/c1-17-16-19-4-2-3-5-21(19)27(17)20-8-6-18(7-9-20)22(28)25-12-14-26(15-13-25)23(29)24(30)10-11-24/h2-9,16,23,29-30H,10-15H2,1H3. The maximum absolute atomic E-state index is 13.0. The van der Waals surface area contributed by atoms with Gasteiger partial charge in [0.25, 0.3) is 5.91 Å². The van der Waals surface area contributed by atoms with Crippen LogP contribution in [-0.2, 0) is 0 Å². The van der Waals surface area contributed by atoms with Gasteiger partial charge in [-0.1, -0.05) is 18.2 Å². The molecule has 2 aliphatic rings. The number of hydrogen-bond donors (Lipinski definition) is 2. The maximum Gasteiger partial charge on any atom is 0.253 e. The van der Waals surface area contributed by atoms with Gasteiger partial charge in [0.15, 0.2) is 0 Å². The molecule has 1 aromatic heterocycles. The lowest BCUT2D eigenvalue weighted by molar-refractivity contribution is -0.108. The number of carbonyl (C=O) groups excluding carboxylic acids is 1. The van der Waals surface area contributed by atoms with Gasteiger partial charge in [0, 0.05) is 48.5 Å². The fourth-order valence-corrected chi connectivity index (χ4v) is 4.47. The van der Waals surface area contributed by atoms with Crippen LogP contribution in [0.5, 0.6) is 0 Å². The minimum atomic E-state index is -0.942. The molecular formula is C24H27N3O3. The number of aliphatic hydroxyl groups is 2. The molecule has 30 heavy (non-hydrogen) atoms. The molecule has 0 radical (unpaired) electrons. The van der Waals surface area contributed by atoms with E-state index in [0.29, 0.717) is 44.6 Å². The van der Waals surface area contributed by atoms with Crippen molar-refractivity contribution in [3.63, 3.8) is 0 Å². The number of hydrogen-bond acceptors (Lipinski definition) is 4. The maximum atomic E-state index is 13.0. The van der Waals surface area contributed by atoms with Crippen molar-refractivity contribution in [3.05, 3.63) is 65.9 Å². The zero-order valence-corrected chi connectivity index (χ0v) is 17.2. The van der Waals surface area contributed by atoms with Crippen LogP contribution in [0.2, 0.25) is 0 Å². The number of rotatable bonds is 4. The quantitative estimate of drug-likeness (QED) is 0.700. The van der Waals surface area contributed by atoms with Crippen LogP contribution >= 0.6 is 0 Å². The van der Waals surface area contributed by atoms with E-state index >= 15 is 0 Å². The van der Waals surface area contributed by atoms with Crippen molar-refractivity contribution in [2.75, 3.05) is 26.2 Å². The molecule has 2 aromatic carbocycles. The fraction of sp³-hybridized carbons (Fsp3) is 0.375. The molecule has 1 saturated carbocycles. The molecule has 2 fully saturated rings. The van der Waals surface area contributed by atoms with Gasteiger partial charge in [0.1, 0.15) is 11.8 Å². The second-order valence-corrected chi connectivity index (χ2v) is 8.53. The van der Waals surface area contributed by atoms with Gasteiger partial charge < -0.3 is 19.7 Å². The number of aryl methyl sites for hydroxylation is 1. The van der Waals surface area contributed by atoms with Gasteiger partial charge in [-0.3, -0.25) is 9.69 Å². The van der Waals surface area contributed by atoms with Crippen molar-refractivity contribution in [1.29, 1.82) is 0 Å². The second-order valence-electron chi connectivity index (χ2n) is 8.53. The summed E-state index contributed by atoms with van der Waals surface area (Å²) >= 11 is 0. The number of aliphatic hydroxyl groups excluding tert-OH is 1. The van der Waals surface area contributed by atoms with Gasteiger partial charge in [0.2, 0.25) is 0 Å². The average Bonchev–Trinajstić information content (AvgIpc) is 3.44. The van der Waals surface area contributed by atoms with E-state index in [2.05, 4.69) is 29.7 Å². The van der Waals surface area contributed by atoms with Gasteiger partial charge in [-0.2, -0.15) is 0 Å². The molecule has 2 N–H and O–H groups in total. The Kier molecular flexibility index (Phi) is 4.65. The zero-order chi connectivity index (χ0) is 20.9. The van der Waals surface area contributed by atoms with Crippen LogP contribution in [-0.4, -0.2) is 68.5 Å². The van der Waals surface area contributed by atoms with E-state index in [1.807, 2.05) is 46.2 Å². The van der Waals surface area contributed by atoms with Crippen LogP contribution in [0.15, 0.2) is 54.6 Å². The van der Waals surface area contributed by atoms with Crippen LogP contribution in [0, 0.1) is 6.92 Å². The summed E-state index contributed by atoms with van der Waals surface area (Å²) in [6.45, 7) is 4.33. The summed E-state index contributed by atoms with van der Waals surface area (Å²) in [5.41, 5.74) is 3.07. The molecule has 1 amide bonds. The largest absolute Gasteiger partial charge is 0.386 e. The van der Waals surface area contributed by atoms with Crippen molar-refractivity contribution < 1.29 is 15.0 Å². The molecule has 6 heteroatoms. The van der Waals surface area contributed by atoms with Gasteiger partial charge in [-0.15, -0.1) is 0 Å². The normalized spacial score (nSPS) is 19.8. The van der Waals surface area contributed by atoms with Gasteiger partial charge >= 0.3 is 0 Å². The molecule has 2 heterocycles. The lowest BCUT2D eigenvalue weighted by atomic mass is 10.1. The Hall–Kier alpha value is -2.67. The van der Waals surface area contributed by atoms with Crippen molar-refractivity contribution in [1.82, 2.24) is 14.4 Å². The summed E-state index contributed by atoms with van der Waals surface area (Å²) in [5, 5.41) is 21.6. The van der Waals surface area contributed by atoms with E-state index < -0.39 is 11.8 Å². The summed E-state index contributed by atoms with van der Waals surface area (Å²) in [6, 6.07) is 18.2. The van der Waals surface area contributed by atoms with E-state index in [0.717, 1.165) is 16.9 Å². The van der Waals surface area contributed by atoms with Crippen molar-refractivity contribution in [2.45, 2.75) is 31.6 Å². The number of aromatic nitrogens is 1. The van der Waals surface area contributed by atoms with Crippen LogP contribution in [0.3, 0.4) is 0 Å². The smallest absolute Gasteiger partial charge is 0.253 e. The van der Waals surface area contributed by atoms with E-state index in [1.54, 1.807) is 0 Å². The third-order valence-corrected chi connectivity index (χ3v) is 6.46. The van der Waals surface area contributed by atoms with Crippen LogP contribution in [0.1, 0.15) is 28.9 Å². The molecule has 3 aromatic rings. The first-order valence-corrected chi connectivity index (χ1v) is 10.6. The minimum Gasteiger partial charge on any atom is -0.386 e. The number of piperazine rings is 1. The SMILES string of the molecule is Cc1cc2ccccc2n1-c1ccc(C(=O)N2CCN(C(O)C3(O)CC3)CC2)cc1. The first-order valence-electron chi connectivity index (χ1n) is 10.6. The van der Waals surface area contributed by atoms with Crippen molar-refractivity contribution in [3.8, 4) is 5.69 Å². The molecule has 5 rings (SSSR count). The summed E-state index contributed by atoms with van der Waals surface area (Å²) in [4.78, 5) is 16.7. The van der Waals surface area contributed by atoms with Gasteiger partial charge in [-0.05, 0) is 56.2 Å². The second kappa shape index (κ2) is 7.23. The minimum absolute atomic E-state index is 0.00918. The van der Waals surface area contributed by atoms with Crippen molar-refractivity contribution >= 4 is 16.8 Å². The molecule has 1 unspecified atom stereocenters. The Morgan fingerprint density at radius 2 is 1.67 bits per heavy atom. The highest BCUT2D eigenvalue weighted by Crippen LogP contribution is 2.39. The molecule has 156 valence electrons. The monoisotopic (exact) mass is 405 g/mol. The molecule has 1 saturated heterocycles. The van der Waals surface area contributed by atoms with Gasteiger partial charge in [-0.25, -0.2) is 0 Å². The summed E-state index contributed by atoms with van der Waals surface area (Å²) < 4.78 is 2.20. The average molecular weight is 405 g/mol. The highest BCUT2D eigenvalue weighted by molar-refractivity contribution is 5.94. The summed E-state index contributed by atoms with van der Waals surface area (Å²) in [7, 11) is 0. The van der Waals surface area contributed by atoms with Gasteiger partial charge in [0.05, 0.1) is 5.52 Å². The Balaban J connectivity index is 1.29. The third kappa shape index (κ3) is 3.31. The fourth-order valence-electron chi connectivity index (χ4n) is 4.47. The first-order chi connectivity index (χ1) is 14.5. The first kappa shape index (κ1) is 19.3. The van der Waals surface area contributed by atoms with Crippen molar-refractivity contribution in [2.24, 2.45) is 0 Å². The Labute approximate surface area is 175 Å². The molecule has 1 aliphatic carbocycles. The molecule has 1 aliphatic heterocycles. The lowest BCUT2D eigenvalue weighted by Crippen LogP contribution is -2.55. The lowest BCUT2D eigenvalue weighted by Gasteiger charge is -2.38. The molecule has 1 atom stereocenters. The van der Waals surface area contributed by atoms with Crippen LogP contribution in [0.25, 0.3) is 16.6 Å². The molecule has 0 bridgehead atoms. The Bertz CT molecular complexity index is 1080. The number of para-hydroxylation sites is 1. The van der Waals surface area contributed by atoms with E-state index in [9.17, 15) is 15.0 Å². The zero-order valence-electron chi connectivity index (χ0n) is 17.2. The van der Waals surface area contributed by atoms with E-state index in [-0.39, 0.29) is 5.91 Å². The third-order valence-electron chi connectivity index (χ3n) is 6.46. The number of fused-ring (bicyclic) bond motifs is 1. The predicted molar refractivity (Wildman–Crippen MR) is 116 cm³/mol. The Morgan fingerprint density at radius 1 is 1.00 bits per heavy atom. The number of nitrogens with zero attached hydrogens (tertiary/aromatic N) is 3. The number of carbonyl (C=O) groups is 1. The number of amides is 1. The van der Waals surface area contributed by atoms with E-state index in [1.165, 1.54) is 5.39 Å². The van der Waals surface area contributed by atoms with E-state index in [4.69, 9.17) is 0 Å². The Morgan fingerprint density at radius 3 is 2.33 bits per heavy atom. The van der Waals surface area contributed by atoms with Crippen LogP contribution < -0.4 is 0 Å². The summed E-state index contributed by atoms with van der Waals surface area (Å²) in [6.07, 6.45) is 0.472. The summed E-state index contributed by atoms with van der Waals surface area (Å²) in [5.74, 6) is 0.00918. The highest BCUT2D eigenvalue weighted by Gasteiger charge is 2.50.